The second kappa shape index (κ2) is 7.66. The van der Waals surface area contributed by atoms with Crippen LogP contribution >= 0.6 is 0 Å². The molecule has 0 radical (unpaired) electrons. The molecule has 0 bridgehead atoms. The molecule has 0 aliphatic rings. The van der Waals surface area contributed by atoms with Crippen LogP contribution in [0.15, 0.2) is 47.1 Å². The van der Waals surface area contributed by atoms with Gasteiger partial charge in [-0.15, -0.1) is 0 Å². The van der Waals surface area contributed by atoms with Crippen molar-refractivity contribution in [1.29, 1.82) is 0 Å². The standard InChI is InChI=1S/C21H17F3N4O2/c1-11-5-6-13(8-15(11)22)25-18(29)10-28-21-19(12(2)27-28)14(20(23)24)9-16(26-21)17-4-3-7-30-17/h3-9,20H,10H2,1-2H3,(H,25,29). The molecule has 9 heteroatoms. The van der Waals surface area contributed by atoms with Gasteiger partial charge in [0.2, 0.25) is 5.91 Å². The Morgan fingerprint density at radius 3 is 2.70 bits per heavy atom. The van der Waals surface area contributed by atoms with Gasteiger partial charge in [-0.1, -0.05) is 6.07 Å². The van der Waals surface area contributed by atoms with Crippen molar-refractivity contribution < 1.29 is 22.4 Å². The summed E-state index contributed by atoms with van der Waals surface area (Å²) in [6, 6.07) is 8.83. The molecule has 0 fully saturated rings. The van der Waals surface area contributed by atoms with Gasteiger partial charge in [0.25, 0.3) is 6.43 Å². The molecule has 4 rings (SSSR count). The van der Waals surface area contributed by atoms with E-state index < -0.39 is 18.1 Å². The van der Waals surface area contributed by atoms with Gasteiger partial charge in [-0.3, -0.25) is 4.79 Å². The van der Waals surface area contributed by atoms with Crippen LogP contribution < -0.4 is 5.32 Å². The van der Waals surface area contributed by atoms with E-state index >= 15 is 0 Å². The van der Waals surface area contributed by atoms with Crippen LogP contribution in [0.3, 0.4) is 0 Å². The van der Waals surface area contributed by atoms with Crippen molar-refractivity contribution in [2.75, 3.05) is 5.32 Å². The third kappa shape index (κ3) is 3.66. The van der Waals surface area contributed by atoms with E-state index in [1.807, 2.05) is 0 Å². The maximum absolute atomic E-state index is 13.7. The number of hydrogen-bond donors (Lipinski definition) is 1. The van der Waals surface area contributed by atoms with E-state index in [2.05, 4.69) is 15.4 Å². The number of hydrogen-bond acceptors (Lipinski definition) is 4. The Bertz CT molecular complexity index is 1230. The minimum atomic E-state index is -2.76. The normalized spacial score (nSPS) is 11.4. The van der Waals surface area contributed by atoms with E-state index in [1.165, 1.54) is 23.1 Å². The highest BCUT2D eigenvalue weighted by molar-refractivity contribution is 5.92. The van der Waals surface area contributed by atoms with Crippen LogP contribution in [0.1, 0.15) is 23.2 Å². The van der Waals surface area contributed by atoms with Crippen LogP contribution in [0.5, 0.6) is 0 Å². The zero-order valence-corrected chi connectivity index (χ0v) is 16.1. The number of carbonyl (C=O) groups is 1. The molecule has 3 aromatic heterocycles. The number of fused-ring (bicyclic) bond motifs is 1. The van der Waals surface area contributed by atoms with E-state index in [9.17, 15) is 18.0 Å². The molecular weight excluding hydrogens is 397 g/mol. The first-order valence-corrected chi connectivity index (χ1v) is 9.09. The quantitative estimate of drug-likeness (QED) is 0.498. The lowest BCUT2D eigenvalue weighted by atomic mass is 10.1. The van der Waals surface area contributed by atoms with E-state index in [0.717, 1.165) is 0 Å². The Kier molecular flexibility index (Phi) is 5.03. The maximum atomic E-state index is 13.7. The number of rotatable bonds is 5. The molecule has 0 unspecified atom stereocenters. The van der Waals surface area contributed by atoms with Crippen molar-refractivity contribution in [2.45, 2.75) is 26.8 Å². The predicted molar refractivity (Wildman–Crippen MR) is 105 cm³/mol. The molecular formula is C21H17F3N4O2. The Morgan fingerprint density at radius 2 is 2.03 bits per heavy atom. The Morgan fingerprint density at radius 1 is 1.23 bits per heavy atom. The smallest absolute Gasteiger partial charge is 0.264 e. The number of furan rings is 1. The van der Waals surface area contributed by atoms with E-state index in [4.69, 9.17) is 4.42 Å². The highest BCUT2D eigenvalue weighted by Crippen LogP contribution is 2.33. The predicted octanol–water partition coefficient (Wildman–Crippen LogP) is 5.02. The second-order valence-electron chi connectivity index (χ2n) is 6.83. The van der Waals surface area contributed by atoms with Crippen molar-refractivity contribution in [3.63, 3.8) is 0 Å². The molecule has 0 saturated heterocycles. The highest BCUT2D eigenvalue weighted by atomic mass is 19.3. The SMILES string of the molecule is Cc1ccc(NC(=O)Cn2nc(C)c3c(C(F)F)cc(-c4ccco4)nc32)cc1F. The average molecular weight is 414 g/mol. The van der Waals surface area contributed by atoms with Crippen LogP contribution in [-0.2, 0) is 11.3 Å². The number of benzene rings is 1. The molecule has 1 N–H and O–H groups in total. The number of alkyl halides is 2. The van der Waals surface area contributed by atoms with Crippen molar-refractivity contribution in [3.05, 3.63) is 65.3 Å². The maximum Gasteiger partial charge on any atom is 0.264 e. The summed E-state index contributed by atoms with van der Waals surface area (Å²) in [5.74, 6) is -0.616. The molecule has 1 amide bonds. The molecule has 0 saturated carbocycles. The number of aryl methyl sites for hydroxylation is 2. The lowest BCUT2D eigenvalue weighted by molar-refractivity contribution is -0.116. The number of anilines is 1. The first-order chi connectivity index (χ1) is 14.3. The monoisotopic (exact) mass is 414 g/mol. The summed E-state index contributed by atoms with van der Waals surface area (Å²) in [5, 5.41) is 6.99. The average Bonchev–Trinajstić information content (AvgIpc) is 3.33. The zero-order valence-electron chi connectivity index (χ0n) is 16.1. The van der Waals surface area contributed by atoms with Gasteiger partial charge in [-0.25, -0.2) is 22.8 Å². The number of nitrogens with zero attached hydrogens (tertiary/aromatic N) is 3. The summed E-state index contributed by atoms with van der Waals surface area (Å²) >= 11 is 0. The summed E-state index contributed by atoms with van der Waals surface area (Å²) < 4.78 is 47.7. The van der Waals surface area contributed by atoms with Gasteiger partial charge < -0.3 is 9.73 Å². The van der Waals surface area contributed by atoms with Crippen LogP contribution in [0.2, 0.25) is 0 Å². The number of nitrogens with one attached hydrogen (secondary N) is 1. The Balaban J connectivity index is 1.71. The number of amides is 1. The van der Waals surface area contributed by atoms with Crippen LogP contribution in [0.4, 0.5) is 18.9 Å². The fraction of sp³-hybridized carbons (Fsp3) is 0.190. The van der Waals surface area contributed by atoms with Crippen molar-refractivity contribution in [2.24, 2.45) is 0 Å². The first-order valence-electron chi connectivity index (χ1n) is 9.09. The second-order valence-corrected chi connectivity index (χ2v) is 6.83. The molecule has 1 aromatic carbocycles. The van der Waals surface area contributed by atoms with Gasteiger partial charge in [-0.05, 0) is 49.7 Å². The minimum absolute atomic E-state index is 0.141. The summed E-state index contributed by atoms with van der Waals surface area (Å²) in [6.45, 7) is 2.91. The van der Waals surface area contributed by atoms with Gasteiger partial charge in [-0.2, -0.15) is 5.10 Å². The lowest BCUT2D eigenvalue weighted by Crippen LogP contribution is -2.20. The van der Waals surface area contributed by atoms with Crippen molar-refractivity contribution in [1.82, 2.24) is 14.8 Å². The molecule has 0 spiro atoms. The third-order valence-corrected chi connectivity index (χ3v) is 4.67. The number of halogens is 3. The largest absolute Gasteiger partial charge is 0.463 e. The van der Waals surface area contributed by atoms with Gasteiger partial charge in [0.05, 0.1) is 17.3 Å². The molecule has 3 heterocycles. The van der Waals surface area contributed by atoms with Crippen molar-refractivity contribution in [3.8, 4) is 11.5 Å². The number of aromatic nitrogens is 3. The summed E-state index contributed by atoms with van der Waals surface area (Å²) in [4.78, 5) is 16.9. The molecule has 6 nitrogen and oxygen atoms in total. The number of carbonyl (C=O) groups excluding carboxylic acids is 1. The highest BCUT2D eigenvalue weighted by Gasteiger charge is 2.22. The van der Waals surface area contributed by atoms with E-state index in [-0.39, 0.29) is 34.5 Å². The van der Waals surface area contributed by atoms with Gasteiger partial charge >= 0.3 is 0 Å². The third-order valence-electron chi connectivity index (χ3n) is 4.67. The van der Waals surface area contributed by atoms with E-state index in [0.29, 0.717) is 17.0 Å². The van der Waals surface area contributed by atoms with Gasteiger partial charge in [0.1, 0.15) is 18.1 Å². The topological polar surface area (TPSA) is 73.0 Å². The molecule has 154 valence electrons. The van der Waals surface area contributed by atoms with Crippen LogP contribution in [-0.4, -0.2) is 20.7 Å². The Hall–Kier alpha value is -3.62. The van der Waals surface area contributed by atoms with Crippen LogP contribution in [0, 0.1) is 19.7 Å². The molecule has 30 heavy (non-hydrogen) atoms. The van der Waals surface area contributed by atoms with Gasteiger partial charge in [0.15, 0.2) is 11.4 Å². The van der Waals surface area contributed by atoms with Gasteiger partial charge in [0, 0.05) is 11.3 Å². The summed E-state index contributed by atoms with van der Waals surface area (Å²) in [6.07, 6.45) is -1.34. The fourth-order valence-corrected chi connectivity index (χ4v) is 3.23. The molecule has 0 aliphatic heterocycles. The molecule has 4 aromatic rings. The Labute approximate surface area is 169 Å². The lowest BCUT2D eigenvalue weighted by Gasteiger charge is -2.09. The number of pyridine rings is 1. The van der Waals surface area contributed by atoms with E-state index in [1.54, 1.807) is 38.1 Å². The summed E-state index contributed by atoms with van der Waals surface area (Å²) in [5.41, 5.74) is 1.18. The summed E-state index contributed by atoms with van der Waals surface area (Å²) in [7, 11) is 0. The fourth-order valence-electron chi connectivity index (χ4n) is 3.23. The zero-order chi connectivity index (χ0) is 21.4. The minimum Gasteiger partial charge on any atom is -0.463 e. The van der Waals surface area contributed by atoms with Crippen LogP contribution in [0.25, 0.3) is 22.5 Å². The first kappa shape index (κ1) is 19.7. The molecule has 0 atom stereocenters. The van der Waals surface area contributed by atoms with Crippen molar-refractivity contribution >= 4 is 22.6 Å². The molecule has 0 aliphatic carbocycles.